The SMILES string of the molecule is CCn1ncnc1C1c2n[nH]c(=O)c3cc(F)cc(c23)NNC1c1ccccc1. The van der Waals surface area contributed by atoms with Gasteiger partial charge in [0.15, 0.2) is 0 Å². The number of halogens is 1. The number of nitrogens with one attached hydrogen (secondary N) is 3. The van der Waals surface area contributed by atoms with Gasteiger partial charge in [0.25, 0.3) is 5.56 Å². The quantitative estimate of drug-likeness (QED) is 0.496. The molecule has 9 heteroatoms. The van der Waals surface area contributed by atoms with Gasteiger partial charge in [-0.1, -0.05) is 30.3 Å². The van der Waals surface area contributed by atoms with Crippen molar-refractivity contribution in [2.45, 2.75) is 25.4 Å². The zero-order valence-corrected chi connectivity index (χ0v) is 15.6. The van der Waals surface area contributed by atoms with Crippen LogP contribution in [0.5, 0.6) is 0 Å². The number of nitrogens with zero attached hydrogens (tertiary/aromatic N) is 4. The van der Waals surface area contributed by atoms with Crippen LogP contribution in [0, 0.1) is 5.82 Å². The van der Waals surface area contributed by atoms with Gasteiger partial charge < -0.3 is 5.43 Å². The molecule has 0 bridgehead atoms. The highest BCUT2D eigenvalue weighted by molar-refractivity contribution is 5.96. The molecule has 0 radical (unpaired) electrons. The molecule has 1 aliphatic rings. The third kappa shape index (κ3) is 2.78. The number of aromatic amines is 1. The van der Waals surface area contributed by atoms with E-state index < -0.39 is 11.4 Å². The summed E-state index contributed by atoms with van der Waals surface area (Å²) in [6, 6.07) is 12.1. The van der Waals surface area contributed by atoms with Gasteiger partial charge in [0, 0.05) is 11.9 Å². The van der Waals surface area contributed by atoms with Gasteiger partial charge in [-0.3, -0.25) is 4.79 Å². The molecule has 29 heavy (non-hydrogen) atoms. The molecule has 0 amide bonds. The summed E-state index contributed by atoms with van der Waals surface area (Å²) in [4.78, 5) is 16.9. The topological polar surface area (TPSA) is 101 Å². The first-order valence-electron chi connectivity index (χ1n) is 9.33. The average molecular weight is 391 g/mol. The fourth-order valence-corrected chi connectivity index (χ4v) is 3.97. The molecule has 2 atom stereocenters. The highest BCUT2D eigenvalue weighted by atomic mass is 19.1. The summed E-state index contributed by atoms with van der Waals surface area (Å²) in [6.07, 6.45) is 1.51. The summed E-state index contributed by atoms with van der Waals surface area (Å²) in [5.41, 5.74) is 7.99. The Morgan fingerprint density at radius 2 is 2.03 bits per heavy atom. The molecular weight excluding hydrogens is 373 g/mol. The maximum atomic E-state index is 14.2. The van der Waals surface area contributed by atoms with Gasteiger partial charge >= 0.3 is 0 Å². The monoisotopic (exact) mass is 391 g/mol. The standard InChI is InChI=1S/C20H18FN7O/c1-2-28-19(22-10-23-28)16-17(11-6-4-3-5-7-11)25-24-14-9-12(21)8-13-15(14)18(16)26-27-20(13)29/h3-10,16-17,24-25H,2H2,1H3,(H,27,29). The number of hydrazine groups is 1. The van der Waals surface area contributed by atoms with Crippen molar-refractivity contribution in [3.63, 3.8) is 0 Å². The van der Waals surface area contributed by atoms with E-state index in [4.69, 9.17) is 0 Å². The Kier molecular flexibility index (Phi) is 4.09. The van der Waals surface area contributed by atoms with Crippen LogP contribution in [0.15, 0.2) is 53.6 Å². The Bertz CT molecular complexity index is 1250. The summed E-state index contributed by atoms with van der Waals surface area (Å²) in [6.45, 7) is 2.61. The first kappa shape index (κ1) is 17.5. The highest BCUT2D eigenvalue weighted by Crippen LogP contribution is 2.41. The van der Waals surface area contributed by atoms with Crippen molar-refractivity contribution in [1.29, 1.82) is 0 Å². The van der Waals surface area contributed by atoms with Crippen LogP contribution in [0.4, 0.5) is 10.1 Å². The molecule has 0 fully saturated rings. The molecule has 8 nitrogen and oxygen atoms in total. The number of aromatic nitrogens is 5. The molecule has 1 aliphatic heterocycles. The highest BCUT2D eigenvalue weighted by Gasteiger charge is 2.36. The molecular formula is C20H18FN7O. The van der Waals surface area contributed by atoms with Gasteiger partial charge in [-0.05, 0) is 24.6 Å². The van der Waals surface area contributed by atoms with E-state index in [9.17, 15) is 9.18 Å². The minimum absolute atomic E-state index is 0.237. The molecule has 2 aromatic heterocycles. The fourth-order valence-electron chi connectivity index (χ4n) is 3.97. The van der Waals surface area contributed by atoms with Crippen LogP contribution >= 0.6 is 0 Å². The van der Waals surface area contributed by atoms with Crippen LogP contribution < -0.4 is 16.4 Å². The second-order valence-corrected chi connectivity index (χ2v) is 6.88. The number of benzene rings is 2. The van der Waals surface area contributed by atoms with E-state index in [2.05, 4.69) is 31.1 Å². The van der Waals surface area contributed by atoms with E-state index in [0.717, 1.165) is 5.56 Å². The van der Waals surface area contributed by atoms with Crippen LogP contribution in [0.25, 0.3) is 10.8 Å². The van der Waals surface area contributed by atoms with Crippen LogP contribution in [-0.4, -0.2) is 25.0 Å². The van der Waals surface area contributed by atoms with Crippen molar-refractivity contribution in [3.8, 4) is 0 Å². The largest absolute Gasteiger partial charge is 0.320 e. The third-order valence-electron chi connectivity index (χ3n) is 5.25. The van der Waals surface area contributed by atoms with Crippen LogP contribution in [0.3, 0.4) is 0 Å². The minimum atomic E-state index is -0.504. The van der Waals surface area contributed by atoms with Gasteiger partial charge in [-0.2, -0.15) is 10.2 Å². The summed E-state index contributed by atoms with van der Waals surface area (Å²) in [5.74, 6) is -0.178. The second-order valence-electron chi connectivity index (χ2n) is 6.88. The number of H-pyrrole nitrogens is 1. The Labute approximate surface area is 164 Å². The maximum absolute atomic E-state index is 14.2. The Balaban J connectivity index is 1.84. The van der Waals surface area contributed by atoms with Gasteiger partial charge in [0.2, 0.25) is 0 Å². The van der Waals surface area contributed by atoms with E-state index in [1.165, 1.54) is 18.5 Å². The average Bonchev–Trinajstić information content (AvgIpc) is 3.14. The first-order chi connectivity index (χ1) is 14.2. The van der Waals surface area contributed by atoms with Crippen molar-refractivity contribution in [3.05, 3.63) is 82.0 Å². The van der Waals surface area contributed by atoms with Crippen molar-refractivity contribution < 1.29 is 4.39 Å². The summed E-state index contributed by atoms with van der Waals surface area (Å²) in [7, 11) is 0. The molecule has 4 aromatic rings. The number of hydrogen-bond acceptors (Lipinski definition) is 6. The van der Waals surface area contributed by atoms with Gasteiger partial charge in [-0.25, -0.2) is 24.6 Å². The number of rotatable bonds is 3. The van der Waals surface area contributed by atoms with Crippen molar-refractivity contribution in [2.24, 2.45) is 0 Å². The van der Waals surface area contributed by atoms with Gasteiger partial charge in [0.05, 0.1) is 28.7 Å². The fraction of sp³-hybridized carbons (Fsp3) is 0.200. The van der Waals surface area contributed by atoms with E-state index in [1.54, 1.807) is 4.68 Å². The predicted octanol–water partition coefficient (Wildman–Crippen LogP) is 2.48. The van der Waals surface area contributed by atoms with Gasteiger partial charge in [-0.15, -0.1) is 0 Å². The van der Waals surface area contributed by atoms with E-state index >= 15 is 0 Å². The zero-order valence-electron chi connectivity index (χ0n) is 15.6. The number of anilines is 1. The molecule has 0 spiro atoms. The van der Waals surface area contributed by atoms with E-state index in [1.807, 2.05) is 37.3 Å². The van der Waals surface area contributed by atoms with E-state index in [-0.39, 0.29) is 17.3 Å². The molecule has 0 saturated carbocycles. The maximum Gasteiger partial charge on any atom is 0.272 e. The zero-order chi connectivity index (χ0) is 20.0. The van der Waals surface area contributed by atoms with Crippen LogP contribution in [-0.2, 0) is 6.54 Å². The third-order valence-corrected chi connectivity index (χ3v) is 5.25. The minimum Gasteiger partial charge on any atom is -0.320 e. The lowest BCUT2D eigenvalue weighted by Crippen LogP contribution is -2.32. The first-order valence-corrected chi connectivity index (χ1v) is 9.33. The Hall–Kier alpha value is -3.59. The number of aryl methyl sites for hydroxylation is 1. The van der Waals surface area contributed by atoms with E-state index in [0.29, 0.717) is 29.1 Å². The Morgan fingerprint density at radius 3 is 2.83 bits per heavy atom. The molecule has 0 saturated heterocycles. The lowest BCUT2D eigenvalue weighted by atomic mass is 9.88. The smallest absolute Gasteiger partial charge is 0.272 e. The van der Waals surface area contributed by atoms with Crippen molar-refractivity contribution in [1.82, 2.24) is 30.4 Å². The van der Waals surface area contributed by atoms with Crippen molar-refractivity contribution in [2.75, 3.05) is 5.43 Å². The normalized spacial score (nSPS) is 18.4. The van der Waals surface area contributed by atoms with Crippen LogP contribution in [0.2, 0.25) is 0 Å². The molecule has 2 unspecified atom stereocenters. The number of hydrogen-bond donors (Lipinski definition) is 3. The Morgan fingerprint density at radius 1 is 1.21 bits per heavy atom. The molecule has 5 rings (SSSR count). The van der Waals surface area contributed by atoms with Gasteiger partial charge in [0.1, 0.15) is 18.0 Å². The van der Waals surface area contributed by atoms with Crippen molar-refractivity contribution >= 4 is 16.5 Å². The molecule has 2 aromatic carbocycles. The lowest BCUT2D eigenvalue weighted by Gasteiger charge is -2.26. The summed E-state index contributed by atoms with van der Waals surface area (Å²) < 4.78 is 16.0. The van der Waals surface area contributed by atoms with Crippen LogP contribution in [0.1, 0.15) is 36.0 Å². The molecule has 146 valence electrons. The molecule has 3 heterocycles. The summed E-state index contributed by atoms with van der Waals surface area (Å²) >= 11 is 0. The molecule has 0 aliphatic carbocycles. The summed E-state index contributed by atoms with van der Waals surface area (Å²) in [5, 5.41) is 12.0. The second kappa shape index (κ2) is 6.78. The molecule has 3 N–H and O–H groups in total. The predicted molar refractivity (Wildman–Crippen MR) is 106 cm³/mol. The lowest BCUT2D eigenvalue weighted by molar-refractivity contribution is 0.474.